The fourth-order valence-electron chi connectivity index (χ4n) is 2.66. The van der Waals surface area contributed by atoms with Crippen molar-refractivity contribution in [1.82, 2.24) is 9.80 Å². The van der Waals surface area contributed by atoms with Gasteiger partial charge in [0.15, 0.2) is 0 Å². The van der Waals surface area contributed by atoms with Crippen LogP contribution >= 0.6 is 0 Å². The van der Waals surface area contributed by atoms with Crippen LogP contribution in [0.3, 0.4) is 0 Å². The van der Waals surface area contributed by atoms with E-state index in [1.54, 1.807) is 7.11 Å². The van der Waals surface area contributed by atoms with Crippen LogP contribution < -0.4 is 0 Å². The fourth-order valence-corrected chi connectivity index (χ4v) is 2.66. The predicted molar refractivity (Wildman–Crippen MR) is 63.8 cm³/mol. The number of carbonyl (C=O) groups excluding carboxylic acids is 1. The zero-order chi connectivity index (χ0) is 12.3. The zero-order valence-corrected chi connectivity index (χ0v) is 10.7. The van der Waals surface area contributed by atoms with E-state index in [1.165, 1.54) is 0 Å². The normalized spacial score (nSPS) is 31.8. The van der Waals surface area contributed by atoms with Gasteiger partial charge in [-0.1, -0.05) is 0 Å². The molecule has 0 amide bonds. The van der Waals surface area contributed by atoms with Gasteiger partial charge in [-0.15, -0.1) is 0 Å². The molecule has 5 heteroatoms. The molecule has 0 bridgehead atoms. The van der Waals surface area contributed by atoms with Crippen LogP contribution in [-0.4, -0.2) is 74.4 Å². The monoisotopic (exact) mass is 242 g/mol. The number of hydrogen-bond donors (Lipinski definition) is 0. The number of methoxy groups -OCH3 is 1. The highest BCUT2D eigenvalue weighted by Gasteiger charge is 2.35. The minimum absolute atomic E-state index is 0.00188. The highest BCUT2D eigenvalue weighted by molar-refractivity contribution is 5.77. The first kappa shape index (κ1) is 12.8. The van der Waals surface area contributed by atoms with Crippen molar-refractivity contribution in [2.75, 3.05) is 46.5 Å². The third kappa shape index (κ3) is 2.97. The third-order valence-electron chi connectivity index (χ3n) is 3.73. The average Bonchev–Trinajstić information content (AvgIpc) is 2.74. The van der Waals surface area contributed by atoms with Crippen molar-refractivity contribution in [1.29, 1.82) is 0 Å². The van der Waals surface area contributed by atoms with Gasteiger partial charge in [-0.25, -0.2) is 0 Å². The minimum atomic E-state index is -0.0393. The average molecular weight is 242 g/mol. The van der Waals surface area contributed by atoms with Gasteiger partial charge in [0.2, 0.25) is 0 Å². The van der Waals surface area contributed by atoms with Crippen LogP contribution in [0.4, 0.5) is 0 Å². The van der Waals surface area contributed by atoms with Gasteiger partial charge in [-0.3, -0.25) is 14.6 Å². The maximum atomic E-state index is 11.5. The minimum Gasteiger partial charge on any atom is -0.464 e. The standard InChI is InChI=1S/C12H22N2O3/c1-10-9-14(11-3-7-17-12(11)15)5-4-13(10)6-8-16-2/h10-11H,3-9H2,1-2H3. The first-order valence-corrected chi connectivity index (χ1v) is 6.36. The molecule has 2 atom stereocenters. The molecule has 2 rings (SSSR count). The Morgan fingerprint density at radius 2 is 2.29 bits per heavy atom. The summed E-state index contributed by atoms with van der Waals surface area (Å²) in [6, 6.07) is 0.481. The molecule has 0 aromatic carbocycles. The Morgan fingerprint density at radius 1 is 1.47 bits per heavy atom. The van der Waals surface area contributed by atoms with Gasteiger partial charge in [0.05, 0.1) is 13.2 Å². The van der Waals surface area contributed by atoms with E-state index in [0.717, 1.165) is 39.2 Å². The largest absolute Gasteiger partial charge is 0.464 e. The third-order valence-corrected chi connectivity index (χ3v) is 3.73. The second-order valence-electron chi connectivity index (χ2n) is 4.84. The SMILES string of the molecule is COCCN1CCN(C2CCOC2=O)CC1C. The number of carbonyl (C=O) groups is 1. The van der Waals surface area contributed by atoms with Crippen LogP contribution in [0.15, 0.2) is 0 Å². The lowest BCUT2D eigenvalue weighted by atomic mass is 10.1. The van der Waals surface area contributed by atoms with Crippen LogP contribution in [0.2, 0.25) is 0 Å². The summed E-state index contributed by atoms with van der Waals surface area (Å²) in [5.74, 6) is -0.0393. The molecule has 0 aromatic rings. The Bertz CT molecular complexity index is 272. The van der Waals surface area contributed by atoms with Crippen molar-refractivity contribution in [2.45, 2.75) is 25.4 Å². The fraction of sp³-hybridized carbons (Fsp3) is 0.917. The maximum Gasteiger partial charge on any atom is 0.323 e. The molecule has 17 heavy (non-hydrogen) atoms. The summed E-state index contributed by atoms with van der Waals surface area (Å²) in [7, 11) is 1.73. The molecule has 0 spiro atoms. The van der Waals surface area contributed by atoms with Crippen molar-refractivity contribution in [3.63, 3.8) is 0 Å². The molecular weight excluding hydrogens is 220 g/mol. The molecule has 0 aliphatic carbocycles. The van der Waals surface area contributed by atoms with E-state index in [9.17, 15) is 4.79 Å². The van der Waals surface area contributed by atoms with Crippen molar-refractivity contribution in [3.8, 4) is 0 Å². The Labute approximate surface area is 103 Å². The molecule has 2 saturated heterocycles. The van der Waals surface area contributed by atoms with Crippen molar-refractivity contribution in [3.05, 3.63) is 0 Å². The lowest BCUT2D eigenvalue weighted by molar-refractivity contribution is -0.143. The van der Waals surface area contributed by atoms with E-state index >= 15 is 0 Å². The number of cyclic esters (lactones) is 1. The quantitative estimate of drug-likeness (QED) is 0.647. The zero-order valence-electron chi connectivity index (χ0n) is 10.7. The molecule has 2 aliphatic rings. The van der Waals surface area contributed by atoms with Gasteiger partial charge in [0.25, 0.3) is 0 Å². The number of hydrogen-bond acceptors (Lipinski definition) is 5. The Balaban J connectivity index is 1.84. The molecule has 98 valence electrons. The molecule has 2 heterocycles. The van der Waals surface area contributed by atoms with Gasteiger partial charge in [-0.2, -0.15) is 0 Å². The molecular formula is C12H22N2O3. The van der Waals surface area contributed by atoms with Gasteiger partial charge >= 0.3 is 5.97 Å². The molecule has 2 unspecified atom stereocenters. The number of nitrogens with zero attached hydrogens (tertiary/aromatic N) is 2. The van der Waals surface area contributed by atoms with Gasteiger partial charge in [0.1, 0.15) is 6.04 Å². The molecule has 0 N–H and O–H groups in total. The summed E-state index contributed by atoms with van der Waals surface area (Å²) in [6.07, 6.45) is 0.851. The van der Waals surface area contributed by atoms with E-state index in [1.807, 2.05) is 0 Å². The van der Waals surface area contributed by atoms with Crippen LogP contribution in [0.25, 0.3) is 0 Å². The van der Waals surface area contributed by atoms with E-state index in [-0.39, 0.29) is 12.0 Å². The smallest absolute Gasteiger partial charge is 0.323 e. The Morgan fingerprint density at radius 3 is 2.88 bits per heavy atom. The highest BCUT2D eigenvalue weighted by atomic mass is 16.5. The molecule has 0 radical (unpaired) electrons. The van der Waals surface area contributed by atoms with E-state index in [2.05, 4.69) is 16.7 Å². The number of piperazine rings is 1. The van der Waals surface area contributed by atoms with Crippen LogP contribution in [0.1, 0.15) is 13.3 Å². The summed E-state index contributed by atoms with van der Waals surface area (Å²) >= 11 is 0. The second-order valence-corrected chi connectivity index (χ2v) is 4.84. The summed E-state index contributed by atoms with van der Waals surface area (Å²) in [5, 5.41) is 0. The van der Waals surface area contributed by atoms with Crippen LogP contribution in [0, 0.1) is 0 Å². The number of rotatable bonds is 4. The molecule has 2 aliphatic heterocycles. The van der Waals surface area contributed by atoms with Crippen LogP contribution in [0.5, 0.6) is 0 Å². The van der Waals surface area contributed by atoms with Gasteiger partial charge < -0.3 is 9.47 Å². The number of esters is 1. The molecule has 0 saturated carbocycles. The van der Waals surface area contributed by atoms with Crippen molar-refractivity contribution < 1.29 is 14.3 Å². The second kappa shape index (κ2) is 5.80. The summed E-state index contributed by atoms with van der Waals surface area (Å²) in [4.78, 5) is 16.2. The lowest BCUT2D eigenvalue weighted by Gasteiger charge is -2.41. The summed E-state index contributed by atoms with van der Waals surface area (Å²) < 4.78 is 10.1. The first-order chi connectivity index (χ1) is 8.22. The van der Waals surface area contributed by atoms with Crippen LogP contribution in [-0.2, 0) is 14.3 Å². The maximum absolute atomic E-state index is 11.5. The Kier molecular flexibility index (Phi) is 4.36. The summed E-state index contributed by atoms with van der Waals surface area (Å²) in [5.41, 5.74) is 0. The highest BCUT2D eigenvalue weighted by Crippen LogP contribution is 2.18. The molecule has 2 fully saturated rings. The molecule has 5 nitrogen and oxygen atoms in total. The van der Waals surface area contributed by atoms with Gasteiger partial charge in [-0.05, 0) is 6.92 Å². The Hall–Kier alpha value is -0.650. The van der Waals surface area contributed by atoms with E-state index in [4.69, 9.17) is 9.47 Å². The predicted octanol–water partition coefficient (Wildman–Crippen LogP) is -0.0456. The van der Waals surface area contributed by atoms with E-state index < -0.39 is 0 Å². The summed E-state index contributed by atoms with van der Waals surface area (Å²) in [6.45, 7) is 7.45. The van der Waals surface area contributed by atoms with Crippen molar-refractivity contribution in [2.24, 2.45) is 0 Å². The topological polar surface area (TPSA) is 42.0 Å². The molecule has 0 aromatic heterocycles. The number of ether oxygens (including phenoxy) is 2. The van der Waals surface area contributed by atoms with Crippen molar-refractivity contribution >= 4 is 5.97 Å². The first-order valence-electron chi connectivity index (χ1n) is 6.36. The van der Waals surface area contributed by atoms with E-state index in [0.29, 0.717) is 12.6 Å². The van der Waals surface area contributed by atoms with Gasteiger partial charge in [0, 0.05) is 45.8 Å². The lowest BCUT2D eigenvalue weighted by Crippen LogP contribution is -2.56.